The molecule has 0 spiro atoms. The summed E-state index contributed by atoms with van der Waals surface area (Å²) in [7, 11) is -3.56. The summed E-state index contributed by atoms with van der Waals surface area (Å²) in [6, 6.07) is 3.11. The molecular weight excluding hydrogens is 252 g/mol. The first-order valence-electron chi connectivity index (χ1n) is 5.84. The summed E-state index contributed by atoms with van der Waals surface area (Å²) in [4.78, 5) is 4.07. The zero-order valence-corrected chi connectivity index (χ0v) is 11.4. The Hall–Kier alpha value is -1.18. The molecule has 3 N–H and O–H groups in total. The van der Waals surface area contributed by atoms with Gasteiger partial charge in [0.15, 0.2) is 5.82 Å². The molecule has 1 saturated heterocycles. The van der Waals surface area contributed by atoms with E-state index in [1.807, 2.05) is 13.8 Å². The van der Waals surface area contributed by atoms with Crippen molar-refractivity contribution in [2.75, 3.05) is 12.0 Å². The van der Waals surface area contributed by atoms with Crippen LogP contribution in [0.4, 0.5) is 5.82 Å². The smallest absolute Gasteiger partial charge is 0.247 e. The monoisotopic (exact) mass is 270 g/mol. The van der Waals surface area contributed by atoms with E-state index >= 15 is 0 Å². The van der Waals surface area contributed by atoms with Gasteiger partial charge in [-0.05, 0) is 38.8 Å². The largest absolute Gasteiger partial charge is 0.307 e. The van der Waals surface area contributed by atoms with E-state index in [9.17, 15) is 8.42 Å². The van der Waals surface area contributed by atoms with Crippen molar-refractivity contribution in [1.82, 2.24) is 9.29 Å². The molecule has 18 heavy (non-hydrogen) atoms. The van der Waals surface area contributed by atoms with Crippen LogP contribution in [0, 0.1) is 0 Å². The number of hydrazine groups is 1. The van der Waals surface area contributed by atoms with Gasteiger partial charge >= 0.3 is 0 Å². The first-order chi connectivity index (χ1) is 8.39. The van der Waals surface area contributed by atoms with Gasteiger partial charge in [-0.25, -0.2) is 19.2 Å². The highest BCUT2D eigenvalue weighted by Crippen LogP contribution is 2.35. The number of anilines is 1. The molecule has 0 radical (unpaired) electrons. The summed E-state index contributed by atoms with van der Waals surface area (Å²) in [6.07, 6.45) is 3.24. The second-order valence-electron chi connectivity index (χ2n) is 4.99. The molecule has 0 unspecified atom stereocenters. The van der Waals surface area contributed by atoms with Crippen molar-refractivity contribution in [3.05, 3.63) is 18.3 Å². The van der Waals surface area contributed by atoms with Crippen molar-refractivity contribution in [3.8, 4) is 0 Å². The Bertz CT molecular complexity index is 542. The van der Waals surface area contributed by atoms with E-state index in [2.05, 4.69) is 10.4 Å². The van der Waals surface area contributed by atoms with Crippen molar-refractivity contribution in [1.29, 1.82) is 0 Å². The molecule has 2 heterocycles. The number of hydrogen-bond donors (Lipinski definition) is 2. The molecule has 0 aliphatic carbocycles. The maximum Gasteiger partial charge on any atom is 0.247 e. The van der Waals surface area contributed by atoms with Crippen molar-refractivity contribution in [2.45, 2.75) is 37.1 Å². The van der Waals surface area contributed by atoms with Crippen LogP contribution in [0.5, 0.6) is 0 Å². The summed E-state index contributed by atoms with van der Waals surface area (Å²) in [5, 5.41) is 0. The Morgan fingerprint density at radius 1 is 1.50 bits per heavy atom. The van der Waals surface area contributed by atoms with E-state index in [0.29, 0.717) is 6.54 Å². The molecule has 2 rings (SSSR count). The van der Waals surface area contributed by atoms with Gasteiger partial charge in [-0.3, -0.25) is 0 Å². The number of nitrogens with one attached hydrogen (secondary N) is 1. The summed E-state index contributed by atoms with van der Waals surface area (Å²) in [6.45, 7) is 4.40. The van der Waals surface area contributed by atoms with Gasteiger partial charge in [0.05, 0.1) is 0 Å². The van der Waals surface area contributed by atoms with Crippen LogP contribution in [0.3, 0.4) is 0 Å². The number of nitrogens with zero attached hydrogens (tertiary/aromatic N) is 2. The minimum atomic E-state index is -3.56. The van der Waals surface area contributed by atoms with Crippen molar-refractivity contribution in [2.24, 2.45) is 5.84 Å². The van der Waals surface area contributed by atoms with Crippen molar-refractivity contribution < 1.29 is 8.42 Å². The average molecular weight is 270 g/mol. The fraction of sp³-hybridized carbons (Fsp3) is 0.545. The molecule has 0 atom stereocenters. The fourth-order valence-corrected chi connectivity index (χ4v) is 4.31. The highest BCUT2D eigenvalue weighted by Gasteiger charge is 2.41. The zero-order valence-electron chi connectivity index (χ0n) is 10.5. The average Bonchev–Trinajstić information content (AvgIpc) is 2.69. The van der Waals surface area contributed by atoms with Crippen LogP contribution >= 0.6 is 0 Å². The number of rotatable bonds is 3. The topological polar surface area (TPSA) is 88.3 Å². The van der Waals surface area contributed by atoms with Crippen LogP contribution < -0.4 is 11.3 Å². The van der Waals surface area contributed by atoms with E-state index in [4.69, 9.17) is 5.84 Å². The maximum absolute atomic E-state index is 12.6. The highest BCUT2D eigenvalue weighted by molar-refractivity contribution is 7.89. The predicted molar refractivity (Wildman–Crippen MR) is 69.3 cm³/mol. The van der Waals surface area contributed by atoms with E-state index in [1.165, 1.54) is 16.6 Å². The van der Waals surface area contributed by atoms with Gasteiger partial charge in [-0.1, -0.05) is 0 Å². The first kappa shape index (κ1) is 13.3. The third-order valence-corrected chi connectivity index (χ3v) is 5.44. The number of sulfonamides is 1. The standard InChI is InChI=1S/C11H18N4O2S/c1-11(2)6-4-8-15(11)18(16,17)9-5-3-7-13-10(9)14-12/h3,5,7H,4,6,8,12H2,1-2H3,(H,13,14). The van der Waals surface area contributed by atoms with Gasteiger partial charge in [0, 0.05) is 18.3 Å². The number of nitrogens with two attached hydrogens (primary N) is 1. The summed E-state index contributed by atoms with van der Waals surface area (Å²) in [5.74, 6) is 5.50. The van der Waals surface area contributed by atoms with Crippen LogP contribution in [-0.4, -0.2) is 29.8 Å². The summed E-state index contributed by atoms with van der Waals surface area (Å²) < 4.78 is 26.8. The van der Waals surface area contributed by atoms with Crippen molar-refractivity contribution >= 4 is 15.8 Å². The van der Waals surface area contributed by atoms with Gasteiger partial charge < -0.3 is 5.43 Å². The van der Waals surface area contributed by atoms with E-state index < -0.39 is 10.0 Å². The van der Waals surface area contributed by atoms with Crippen LogP contribution in [-0.2, 0) is 10.0 Å². The number of aromatic nitrogens is 1. The minimum absolute atomic E-state index is 0.127. The predicted octanol–water partition coefficient (Wildman–Crippen LogP) is 0.930. The Morgan fingerprint density at radius 2 is 2.22 bits per heavy atom. The lowest BCUT2D eigenvalue weighted by Gasteiger charge is -2.30. The molecule has 1 aromatic rings. The van der Waals surface area contributed by atoms with Crippen LogP contribution in [0.2, 0.25) is 0 Å². The van der Waals surface area contributed by atoms with Crippen LogP contribution in [0.25, 0.3) is 0 Å². The number of nitrogen functional groups attached to an aromatic ring is 1. The van der Waals surface area contributed by atoms with E-state index in [-0.39, 0.29) is 16.3 Å². The molecule has 0 bridgehead atoms. The van der Waals surface area contributed by atoms with Crippen molar-refractivity contribution in [3.63, 3.8) is 0 Å². The Balaban J connectivity index is 2.49. The molecule has 1 fully saturated rings. The van der Waals surface area contributed by atoms with Gasteiger partial charge in [0.25, 0.3) is 0 Å². The molecule has 100 valence electrons. The third-order valence-electron chi connectivity index (χ3n) is 3.30. The molecule has 7 heteroatoms. The highest BCUT2D eigenvalue weighted by atomic mass is 32.2. The van der Waals surface area contributed by atoms with E-state index in [0.717, 1.165) is 12.8 Å². The first-order valence-corrected chi connectivity index (χ1v) is 7.28. The van der Waals surface area contributed by atoms with Crippen LogP contribution in [0.15, 0.2) is 23.2 Å². The molecule has 1 aromatic heterocycles. The quantitative estimate of drug-likeness (QED) is 0.630. The molecule has 0 aromatic carbocycles. The Kier molecular flexibility index (Phi) is 3.31. The molecule has 1 aliphatic rings. The second-order valence-corrected chi connectivity index (χ2v) is 6.82. The second kappa shape index (κ2) is 4.49. The molecule has 6 nitrogen and oxygen atoms in total. The van der Waals surface area contributed by atoms with Gasteiger partial charge in [-0.15, -0.1) is 0 Å². The molecule has 0 amide bonds. The van der Waals surface area contributed by atoms with Gasteiger partial charge in [-0.2, -0.15) is 4.31 Å². The fourth-order valence-electron chi connectivity index (χ4n) is 2.35. The van der Waals surface area contributed by atoms with Crippen LogP contribution in [0.1, 0.15) is 26.7 Å². The summed E-state index contributed by atoms with van der Waals surface area (Å²) in [5.41, 5.74) is 1.97. The Morgan fingerprint density at radius 3 is 2.78 bits per heavy atom. The van der Waals surface area contributed by atoms with E-state index in [1.54, 1.807) is 6.07 Å². The maximum atomic E-state index is 12.6. The third kappa shape index (κ3) is 2.09. The van der Waals surface area contributed by atoms with Gasteiger partial charge in [0.1, 0.15) is 4.90 Å². The lowest BCUT2D eigenvalue weighted by Crippen LogP contribution is -2.42. The lowest BCUT2D eigenvalue weighted by molar-refractivity contribution is 0.292. The summed E-state index contributed by atoms with van der Waals surface area (Å²) >= 11 is 0. The number of hydrogen-bond acceptors (Lipinski definition) is 5. The Labute approximate surface area is 107 Å². The normalized spacial score (nSPS) is 19.9. The SMILES string of the molecule is CC1(C)CCCN1S(=O)(=O)c1cccnc1NN. The molecule has 1 aliphatic heterocycles. The lowest BCUT2D eigenvalue weighted by atomic mass is 10.0. The molecule has 0 saturated carbocycles. The van der Waals surface area contributed by atoms with Gasteiger partial charge in [0.2, 0.25) is 10.0 Å². The number of pyridine rings is 1. The zero-order chi connectivity index (χ0) is 13.4. The molecular formula is C11H18N4O2S. The minimum Gasteiger partial charge on any atom is -0.307 e.